The molecule has 2 aromatic carbocycles. The van der Waals surface area contributed by atoms with E-state index in [1.54, 1.807) is 13.8 Å². The largest absolute Gasteiger partial charge is 0.506 e. The molecule has 5 nitrogen and oxygen atoms in total. The van der Waals surface area contributed by atoms with Crippen LogP contribution in [-0.2, 0) is 34.1 Å². The number of phenols is 1. The number of nitrogens with zero attached hydrogens (tertiary/aromatic N) is 1. The lowest BCUT2D eigenvalue weighted by Crippen LogP contribution is -2.07. The second kappa shape index (κ2) is 8.67. The summed E-state index contributed by atoms with van der Waals surface area (Å²) in [4.78, 5) is 12.4. The van der Waals surface area contributed by atoms with Gasteiger partial charge in [0, 0.05) is 40.1 Å². The number of ether oxygens (including phenoxy) is 1. The van der Waals surface area contributed by atoms with Gasteiger partial charge in [-0.05, 0) is 35.3 Å². The first kappa shape index (κ1) is 21.5. The fourth-order valence-electron chi connectivity index (χ4n) is 3.40. The molecule has 3 rings (SSSR count). The summed E-state index contributed by atoms with van der Waals surface area (Å²) >= 11 is 3.37. The van der Waals surface area contributed by atoms with E-state index in [0.29, 0.717) is 26.9 Å². The van der Waals surface area contributed by atoms with Crippen LogP contribution in [0.1, 0.15) is 34.0 Å². The van der Waals surface area contributed by atoms with Crippen LogP contribution in [0, 0.1) is 12.9 Å². The lowest BCUT2D eigenvalue weighted by molar-refractivity contribution is 0.0522. The van der Waals surface area contributed by atoms with Crippen LogP contribution in [0.15, 0.2) is 34.8 Å². The van der Waals surface area contributed by atoms with Gasteiger partial charge in [0.25, 0.3) is 0 Å². The Morgan fingerprint density at radius 2 is 1.93 bits per heavy atom. The van der Waals surface area contributed by atoms with E-state index in [2.05, 4.69) is 15.9 Å². The maximum atomic E-state index is 15.0. The predicted molar refractivity (Wildman–Crippen MR) is 115 cm³/mol. The van der Waals surface area contributed by atoms with Gasteiger partial charge in [0.05, 0.1) is 22.3 Å². The molecule has 0 amide bonds. The van der Waals surface area contributed by atoms with Crippen molar-refractivity contribution in [2.75, 3.05) is 6.61 Å². The van der Waals surface area contributed by atoms with Crippen LogP contribution in [0.4, 0.5) is 4.39 Å². The molecular weight excluding hydrogens is 461 g/mol. The van der Waals surface area contributed by atoms with Gasteiger partial charge >= 0.3 is 5.97 Å². The van der Waals surface area contributed by atoms with E-state index in [9.17, 15) is 18.5 Å². The number of benzene rings is 2. The van der Waals surface area contributed by atoms with Gasteiger partial charge in [0.15, 0.2) is 0 Å². The molecule has 8 heteroatoms. The molecule has 0 saturated heterocycles. The van der Waals surface area contributed by atoms with Gasteiger partial charge in [-0.2, -0.15) is 4.39 Å². The van der Waals surface area contributed by atoms with Crippen molar-refractivity contribution in [3.05, 3.63) is 63.0 Å². The number of hydrogen-bond acceptors (Lipinski definition) is 4. The highest BCUT2D eigenvalue weighted by atomic mass is 79.9. The standard InChI is InChI=1S/C21H21BrFNO4S/c1-4-28-21(26)16-15-12(2)19(25)17(22)14(18(15)24(3)20(16)23)11-29(27)10-13-8-6-5-7-9-13/h5-9,25H,4,10-11H2,1-3H3. The van der Waals surface area contributed by atoms with Crippen LogP contribution in [0.25, 0.3) is 10.9 Å². The number of phenolic OH excluding ortho intramolecular Hbond substituents is 1. The van der Waals surface area contributed by atoms with Gasteiger partial charge < -0.3 is 14.4 Å². The average Bonchev–Trinajstić information content (AvgIpc) is 2.96. The number of carbonyl (C=O) groups is 1. The van der Waals surface area contributed by atoms with E-state index in [4.69, 9.17) is 4.74 Å². The molecule has 29 heavy (non-hydrogen) atoms. The Bertz CT molecular complexity index is 1110. The average molecular weight is 482 g/mol. The van der Waals surface area contributed by atoms with Crippen molar-refractivity contribution >= 4 is 43.6 Å². The smallest absolute Gasteiger partial charge is 0.343 e. The summed E-state index contributed by atoms with van der Waals surface area (Å²) in [5.74, 6) is -1.26. The van der Waals surface area contributed by atoms with Gasteiger partial charge in [-0.3, -0.25) is 4.21 Å². The molecule has 0 aliphatic heterocycles. The third-order valence-electron chi connectivity index (χ3n) is 4.77. The van der Waals surface area contributed by atoms with Gasteiger partial charge in [-0.15, -0.1) is 0 Å². The Morgan fingerprint density at radius 1 is 1.28 bits per heavy atom. The Kier molecular flexibility index (Phi) is 6.43. The third kappa shape index (κ3) is 3.96. The Balaban J connectivity index is 2.16. The predicted octanol–water partition coefficient (Wildman–Crippen LogP) is 4.72. The molecular formula is C21H21BrFNO4S. The molecule has 0 aliphatic carbocycles. The van der Waals surface area contributed by atoms with Gasteiger partial charge in [0.2, 0.25) is 5.95 Å². The molecule has 0 fully saturated rings. The fraction of sp³-hybridized carbons (Fsp3) is 0.286. The summed E-state index contributed by atoms with van der Waals surface area (Å²) < 4.78 is 34.4. The Hall–Kier alpha value is -2.19. The minimum Gasteiger partial charge on any atom is -0.506 e. The second-order valence-corrected chi connectivity index (χ2v) is 8.90. The van der Waals surface area contributed by atoms with Crippen molar-refractivity contribution in [2.45, 2.75) is 25.4 Å². The van der Waals surface area contributed by atoms with E-state index in [1.807, 2.05) is 30.3 Å². The van der Waals surface area contributed by atoms with E-state index >= 15 is 0 Å². The summed E-state index contributed by atoms with van der Waals surface area (Å²) in [5, 5.41) is 10.9. The summed E-state index contributed by atoms with van der Waals surface area (Å²) in [6, 6.07) is 9.40. The minimum atomic E-state index is -1.32. The highest BCUT2D eigenvalue weighted by molar-refractivity contribution is 9.10. The molecule has 0 bridgehead atoms. The number of hydrogen-bond donors (Lipinski definition) is 1. The number of aromatic nitrogens is 1. The molecule has 1 unspecified atom stereocenters. The zero-order valence-corrected chi connectivity index (χ0v) is 18.7. The maximum absolute atomic E-state index is 15.0. The molecule has 0 aliphatic rings. The van der Waals surface area contributed by atoms with Crippen LogP contribution in [0.2, 0.25) is 0 Å². The van der Waals surface area contributed by atoms with Crippen molar-refractivity contribution in [1.82, 2.24) is 4.57 Å². The number of halogens is 2. The van der Waals surface area contributed by atoms with Gasteiger partial charge in [0.1, 0.15) is 11.3 Å². The van der Waals surface area contributed by atoms with E-state index in [1.165, 1.54) is 11.6 Å². The van der Waals surface area contributed by atoms with E-state index in [-0.39, 0.29) is 29.1 Å². The van der Waals surface area contributed by atoms with Crippen molar-refractivity contribution in [3.8, 4) is 5.75 Å². The Morgan fingerprint density at radius 3 is 2.55 bits per heavy atom. The SMILES string of the molecule is CCOC(=O)c1c(F)n(C)c2c(CS(=O)Cc3ccccc3)c(Br)c(O)c(C)c12. The number of aryl methyl sites for hydroxylation is 2. The number of esters is 1. The monoisotopic (exact) mass is 481 g/mol. The lowest BCUT2D eigenvalue weighted by Gasteiger charge is -2.14. The molecule has 1 aromatic heterocycles. The first-order valence-corrected chi connectivity index (χ1v) is 11.3. The number of carbonyl (C=O) groups excluding carboxylic acids is 1. The van der Waals surface area contributed by atoms with Crippen LogP contribution in [-0.4, -0.2) is 26.5 Å². The maximum Gasteiger partial charge on any atom is 0.343 e. The normalized spacial score (nSPS) is 12.3. The van der Waals surface area contributed by atoms with Crippen LogP contribution in [0.5, 0.6) is 5.75 Å². The highest BCUT2D eigenvalue weighted by Crippen LogP contribution is 2.42. The zero-order chi connectivity index (χ0) is 21.3. The fourth-order valence-corrected chi connectivity index (χ4v) is 5.48. The number of aromatic hydroxyl groups is 1. The molecule has 1 atom stereocenters. The first-order valence-electron chi connectivity index (χ1n) is 9.01. The van der Waals surface area contributed by atoms with Crippen LogP contribution in [0.3, 0.4) is 0 Å². The third-order valence-corrected chi connectivity index (χ3v) is 6.89. The molecule has 0 saturated carbocycles. The van der Waals surface area contributed by atoms with E-state index in [0.717, 1.165) is 5.56 Å². The minimum absolute atomic E-state index is 0.0827. The van der Waals surface area contributed by atoms with Crippen molar-refractivity contribution in [2.24, 2.45) is 7.05 Å². The molecule has 154 valence electrons. The summed E-state index contributed by atoms with van der Waals surface area (Å²) in [5.41, 5.74) is 1.94. The summed E-state index contributed by atoms with van der Waals surface area (Å²) in [6.07, 6.45) is 0. The number of rotatable bonds is 6. The van der Waals surface area contributed by atoms with Crippen LogP contribution >= 0.6 is 15.9 Å². The lowest BCUT2D eigenvalue weighted by atomic mass is 10.0. The van der Waals surface area contributed by atoms with Crippen LogP contribution < -0.4 is 0 Å². The van der Waals surface area contributed by atoms with Crippen molar-refractivity contribution in [3.63, 3.8) is 0 Å². The molecule has 3 aromatic rings. The first-order chi connectivity index (χ1) is 13.8. The molecule has 0 radical (unpaired) electrons. The molecule has 1 heterocycles. The number of fused-ring (bicyclic) bond motifs is 1. The van der Waals surface area contributed by atoms with Gasteiger partial charge in [-0.1, -0.05) is 30.3 Å². The molecule has 0 spiro atoms. The highest BCUT2D eigenvalue weighted by Gasteiger charge is 2.29. The molecule has 1 N–H and O–H groups in total. The summed E-state index contributed by atoms with van der Waals surface area (Å²) in [7, 11) is 0.177. The zero-order valence-electron chi connectivity index (χ0n) is 16.3. The van der Waals surface area contributed by atoms with E-state index < -0.39 is 22.7 Å². The van der Waals surface area contributed by atoms with Gasteiger partial charge in [-0.25, -0.2) is 4.79 Å². The second-order valence-electron chi connectivity index (χ2n) is 6.65. The Labute approximate surface area is 179 Å². The van der Waals surface area contributed by atoms with Crippen molar-refractivity contribution < 1.29 is 23.2 Å². The van der Waals surface area contributed by atoms with Crippen molar-refractivity contribution in [1.29, 1.82) is 0 Å². The quantitative estimate of drug-likeness (QED) is 0.517. The topological polar surface area (TPSA) is 68.5 Å². The summed E-state index contributed by atoms with van der Waals surface area (Å²) in [6.45, 7) is 3.35.